The number of benzene rings is 1. The summed E-state index contributed by atoms with van der Waals surface area (Å²) in [5.74, 6) is 0.544. The van der Waals surface area contributed by atoms with Crippen LogP contribution < -0.4 is 10.6 Å². The SMILES string of the molecule is CC(C)(Cc1cccc(CC(=O)NCC2CCCCC2CO)c1)NCC(O)c1ccc(O)c(CO)n1. The van der Waals surface area contributed by atoms with Gasteiger partial charge in [-0.3, -0.25) is 4.79 Å². The number of nitrogens with zero attached hydrogens (tertiary/aromatic N) is 1. The molecule has 1 aromatic carbocycles. The summed E-state index contributed by atoms with van der Waals surface area (Å²) in [5.41, 5.74) is 2.22. The van der Waals surface area contributed by atoms with Crippen molar-refractivity contribution in [3.8, 4) is 5.75 Å². The van der Waals surface area contributed by atoms with Gasteiger partial charge < -0.3 is 31.1 Å². The smallest absolute Gasteiger partial charge is 0.224 e. The van der Waals surface area contributed by atoms with E-state index in [0.717, 1.165) is 36.8 Å². The predicted octanol–water partition coefficient (Wildman–Crippen LogP) is 2.38. The van der Waals surface area contributed by atoms with Gasteiger partial charge in [0.15, 0.2) is 0 Å². The molecular weight excluding hydrogens is 458 g/mol. The zero-order chi connectivity index (χ0) is 26.1. The Hall–Kier alpha value is -2.52. The molecule has 0 aliphatic heterocycles. The zero-order valence-corrected chi connectivity index (χ0v) is 21.4. The standard InChI is InChI=1S/C28H41N3O5/c1-28(2,30-16-26(35)23-10-11-25(34)24(18-33)31-23)14-20-7-5-6-19(12-20)13-27(36)29-15-21-8-3-4-9-22(21)17-32/h5-7,10-12,21-22,26,30,32-35H,3-4,8-9,13-18H2,1-2H3,(H,29,36). The fourth-order valence-electron chi connectivity index (χ4n) is 5.00. The van der Waals surface area contributed by atoms with Gasteiger partial charge >= 0.3 is 0 Å². The third-order valence-corrected chi connectivity index (χ3v) is 7.10. The number of pyridine rings is 1. The predicted molar refractivity (Wildman–Crippen MR) is 138 cm³/mol. The lowest BCUT2D eigenvalue weighted by molar-refractivity contribution is -0.120. The molecule has 8 heteroatoms. The molecule has 0 spiro atoms. The number of aliphatic hydroxyl groups is 3. The summed E-state index contributed by atoms with van der Waals surface area (Å²) < 4.78 is 0. The van der Waals surface area contributed by atoms with Gasteiger partial charge in [0.1, 0.15) is 17.5 Å². The zero-order valence-electron chi connectivity index (χ0n) is 21.4. The van der Waals surface area contributed by atoms with Gasteiger partial charge in [0.25, 0.3) is 0 Å². The number of hydrogen-bond donors (Lipinski definition) is 6. The molecule has 3 rings (SSSR count). The van der Waals surface area contributed by atoms with E-state index < -0.39 is 12.7 Å². The third-order valence-electron chi connectivity index (χ3n) is 7.10. The molecule has 1 fully saturated rings. The van der Waals surface area contributed by atoms with Crippen LogP contribution >= 0.6 is 0 Å². The minimum atomic E-state index is -0.889. The van der Waals surface area contributed by atoms with E-state index in [1.807, 2.05) is 38.1 Å². The molecule has 1 heterocycles. The average molecular weight is 500 g/mol. The van der Waals surface area contributed by atoms with Crippen LogP contribution in [0.4, 0.5) is 0 Å². The number of aliphatic hydroxyl groups excluding tert-OH is 3. The van der Waals surface area contributed by atoms with E-state index in [2.05, 4.69) is 15.6 Å². The Morgan fingerprint density at radius 2 is 1.83 bits per heavy atom. The van der Waals surface area contributed by atoms with Crippen LogP contribution in [0.5, 0.6) is 5.75 Å². The van der Waals surface area contributed by atoms with Crippen molar-refractivity contribution in [2.24, 2.45) is 11.8 Å². The molecule has 1 aliphatic carbocycles. The molecule has 1 aliphatic rings. The normalized spacial score (nSPS) is 19.1. The highest BCUT2D eigenvalue weighted by atomic mass is 16.3. The van der Waals surface area contributed by atoms with Gasteiger partial charge in [0.05, 0.1) is 18.7 Å². The second-order valence-electron chi connectivity index (χ2n) is 10.6. The first-order valence-corrected chi connectivity index (χ1v) is 12.9. The molecule has 0 radical (unpaired) electrons. The average Bonchev–Trinajstić information content (AvgIpc) is 2.86. The van der Waals surface area contributed by atoms with Crippen molar-refractivity contribution >= 4 is 5.91 Å². The Bertz CT molecular complexity index is 997. The second kappa shape index (κ2) is 13.1. The van der Waals surface area contributed by atoms with E-state index in [0.29, 0.717) is 31.0 Å². The summed E-state index contributed by atoms with van der Waals surface area (Å²) in [6, 6.07) is 11.0. The summed E-state index contributed by atoms with van der Waals surface area (Å²) in [7, 11) is 0. The Morgan fingerprint density at radius 3 is 2.56 bits per heavy atom. The largest absolute Gasteiger partial charge is 0.506 e. The molecule has 6 N–H and O–H groups in total. The molecule has 3 atom stereocenters. The summed E-state index contributed by atoms with van der Waals surface area (Å²) in [6.07, 6.45) is 4.54. The van der Waals surface area contributed by atoms with Crippen molar-refractivity contribution in [2.45, 2.75) is 70.6 Å². The van der Waals surface area contributed by atoms with Crippen LogP contribution in [0.15, 0.2) is 36.4 Å². The molecule has 0 bridgehead atoms. The molecule has 198 valence electrons. The van der Waals surface area contributed by atoms with Crippen LogP contribution in [0.1, 0.15) is 68.1 Å². The van der Waals surface area contributed by atoms with Gasteiger partial charge in [-0.15, -0.1) is 0 Å². The molecule has 0 saturated heterocycles. The number of carbonyl (C=O) groups is 1. The second-order valence-corrected chi connectivity index (χ2v) is 10.6. The minimum Gasteiger partial charge on any atom is -0.506 e. The number of aromatic hydroxyl groups is 1. The van der Waals surface area contributed by atoms with E-state index in [-0.39, 0.29) is 42.0 Å². The Kier molecular flexibility index (Phi) is 10.2. The maximum Gasteiger partial charge on any atom is 0.224 e. The molecule has 1 aromatic heterocycles. The van der Waals surface area contributed by atoms with Crippen LogP contribution in [-0.2, 0) is 24.2 Å². The highest BCUT2D eigenvalue weighted by Gasteiger charge is 2.25. The first-order chi connectivity index (χ1) is 17.2. The lowest BCUT2D eigenvalue weighted by Gasteiger charge is -2.30. The first kappa shape index (κ1) is 28.1. The van der Waals surface area contributed by atoms with Crippen molar-refractivity contribution < 1.29 is 25.2 Å². The molecule has 1 saturated carbocycles. The highest BCUT2D eigenvalue weighted by Crippen LogP contribution is 2.29. The van der Waals surface area contributed by atoms with Crippen LogP contribution in [0.25, 0.3) is 0 Å². The van der Waals surface area contributed by atoms with E-state index in [9.17, 15) is 25.2 Å². The molecular formula is C28H41N3O5. The number of carbonyl (C=O) groups excluding carboxylic acids is 1. The van der Waals surface area contributed by atoms with E-state index in [1.54, 1.807) is 6.07 Å². The molecule has 36 heavy (non-hydrogen) atoms. The quantitative estimate of drug-likeness (QED) is 0.264. The Balaban J connectivity index is 1.50. The van der Waals surface area contributed by atoms with Crippen molar-refractivity contribution in [1.29, 1.82) is 0 Å². The first-order valence-electron chi connectivity index (χ1n) is 12.9. The monoisotopic (exact) mass is 499 g/mol. The van der Waals surface area contributed by atoms with Gasteiger partial charge in [-0.25, -0.2) is 4.98 Å². The topological polar surface area (TPSA) is 135 Å². The van der Waals surface area contributed by atoms with Crippen molar-refractivity contribution in [2.75, 3.05) is 19.7 Å². The number of hydrogen-bond acceptors (Lipinski definition) is 7. The summed E-state index contributed by atoms with van der Waals surface area (Å²) in [4.78, 5) is 16.7. The number of aromatic nitrogens is 1. The number of rotatable bonds is 12. The summed E-state index contributed by atoms with van der Waals surface area (Å²) >= 11 is 0. The van der Waals surface area contributed by atoms with Crippen LogP contribution in [-0.4, -0.2) is 56.6 Å². The molecule has 2 aromatic rings. The molecule has 8 nitrogen and oxygen atoms in total. The summed E-state index contributed by atoms with van der Waals surface area (Å²) in [5, 5.41) is 45.5. The number of β-amino-alcohol motifs (C(OH)–C–C–N with tert-alkyl or cyclic N) is 1. The Morgan fingerprint density at radius 1 is 1.11 bits per heavy atom. The van der Waals surface area contributed by atoms with Gasteiger partial charge in [-0.05, 0) is 68.2 Å². The number of amides is 1. The third kappa shape index (κ3) is 8.27. The maximum absolute atomic E-state index is 12.6. The Labute approximate surface area is 213 Å². The van der Waals surface area contributed by atoms with Gasteiger partial charge in [-0.1, -0.05) is 37.1 Å². The molecule has 1 amide bonds. The lowest BCUT2D eigenvalue weighted by Crippen LogP contribution is -2.43. The maximum atomic E-state index is 12.6. The van der Waals surface area contributed by atoms with E-state index in [1.165, 1.54) is 6.07 Å². The minimum absolute atomic E-state index is 0.00133. The van der Waals surface area contributed by atoms with E-state index >= 15 is 0 Å². The van der Waals surface area contributed by atoms with Crippen LogP contribution in [0.2, 0.25) is 0 Å². The molecule has 3 unspecified atom stereocenters. The van der Waals surface area contributed by atoms with Crippen molar-refractivity contribution in [1.82, 2.24) is 15.6 Å². The fourth-order valence-corrected chi connectivity index (χ4v) is 5.00. The number of nitrogens with one attached hydrogen (secondary N) is 2. The lowest BCUT2D eigenvalue weighted by atomic mass is 9.79. The van der Waals surface area contributed by atoms with Gasteiger partial charge in [0.2, 0.25) is 5.91 Å². The van der Waals surface area contributed by atoms with Crippen molar-refractivity contribution in [3.63, 3.8) is 0 Å². The van der Waals surface area contributed by atoms with Crippen LogP contribution in [0, 0.1) is 11.8 Å². The summed E-state index contributed by atoms with van der Waals surface area (Å²) in [6.45, 7) is 4.77. The van der Waals surface area contributed by atoms with E-state index in [4.69, 9.17) is 0 Å². The highest BCUT2D eigenvalue weighted by molar-refractivity contribution is 5.78. The fraction of sp³-hybridized carbons (Fsp3) is 0.571. The van der Waals surface area contributed by atoms with Crippen molar-refractivity contribution in [3.05, 3.63) is 58.9 Å². The van der Waals surface area contributed by atoms with Gasteiger partial charge in [0, 0.05) is 25.2 Å². The van der Waals surface area contributed by atoms with Crippen LogP contribution in [0.3, 0.4) is 0 Å². The van der Waals surface area contributed by atoms with Gasteiger partial charge in [-0.2, -0.15) is 0 Å².